The number of hydrogen-bond donors (Lipinski definition) is 0. The van der Waals surface area contributed by atoms with Crippen molar-refractivity contribution < 1.29 is 19.1 Å². The molecule has 0 amide bonds. The van der Waals surface area contributed by atoms with Gasteiger partial charge in [-0.2, -0.15) is 0 Å². The summed E-state index contributed by atoms with van der Waals surface area (Å²) in [5.41, 5.74) is 2.21. The smallest absolute Gasteiger partial charge is 0.338 e. The van der Waals surface area contributed by atoms with Crippen molar-refractivity contribution in [1.29, 1.82) is 0 Å². The second-order valence-corrected chi connectivity index (χ2v) is 8.57. The zero-order chi connectivity index (χ0) is 20.2. The van der Waals surface area contributed by atoms with Crippen molar-refractivity contribution in [2.45, 2.75) is 59.2 Å². The summed E-state index contributed by atoms with van der Waals surface area (Å²) in [5.74, 6) is -0.647. The quantitative estimate of drug-likeness (QED) is 0.697. The Balaban J connectivity index is 2.01. The van der Waals surface area contributed by atoms with E-state index in [2.05, 4.69) is 0 Å². The molecule has 0 saturated heterocycles. The molecule has 2 aromatic carbocycles. The summed E-state index contributed by atoms with van der Waals surface area (Å²) in [6.45, 7) is 11.1. The zero-order valence-corrected chi connectivity index (χ0v) is 17.0. The Kier molecular flexibility index (Phi) is 6.09. The molecule has 0 aromatic heterocycles. The average Bonchev–Trinajstić information content (AvgIpc) is 2.53. The third-order valence-electron chi connectivity index (χ3n) is 3.59. The monoisotopic (exact) mass is 368 g/mol. The normalized spacial score (nSPS) is 11.8. The van der Waals surface area contributed by atoms with Gasteiger partial charge in [0.05, 0.1) is 11.1 Å². The fourth-order valence-corrected chi connectivity index (χ4v) is 2.43. The minimum atomic E-state index is -0.508. The van der Waals surface area contributed by atoms with Gasteiger partial charge in [0.15, 0.2) is 0 Å². The second-order valence-electron chi connectivity index (χ2n) is 8.57. The molecule has 0 heterocycles. The van der Waals surface area contributed by atoms with E-state index in [0.29, 0.717) is 17.5 Å². The summed E-state index contributed by atoms with van der Waals surface area (Å²) in [4.78, 5) is 24.1. The van der Waals surface area contributed by atoms with Gasteiger partial charge in [-0.25, -0.2) is 9.59 Å². The highest BCUT2D eigenvalue weighted by molar-refractivity contribution is 5.90. The highest BCUT2D eigenvalue weighted by Crippen LogP contribution is 2.17. The Labute approximate surface area is 161 Å². The van der Waals surface area contributed by atoms with Crippen LogP contribution in [0.5, 0.6) is 0 Å². The third kappa shape index (κ3) is 6.89. The van der Waals surface area contributed by atoms with Crippen molar-refractivity contribution in [3.63, 3.8) is 0 Å². The van der Waals surface area contributed by atoms with Crippen molar-refractivity contribution in [3.05, 3.63) is 70.8 Å². The van der Waals surface area contributed by atoms with Crippen molar-refractivity contribution in [1.82, 2.24) is 0 Å². The molecule has 27 heavy (non-hydrogen) atoms. The number of hydrogen-bond acceptors (Lipinski definition) is 4. The van der Waals surface area contributed by atoms with E-state index in [9.17, 15) is 9.59 Å². The molecule has 0 unspecified atom stereocenters. The number of carbonyl (C=O) groups is 2. The van der Waals surface area contributed by atoms with Gasteiger partial charge < -0.3 is 9.47 Å². The molecule has 144 valence electrons. The number of rotatable bonds is 4. The molecule has 0 N–H and O–H groups in total. The molecule has 2 aromatic rings. The van der Waals surface area contributed by atoms with Crippen LogP contribution in [0.2, 0.25) is 0 Å². The molecule has 0 aliphatic carbocycles. The molecule has 0 radical (unpaired) electrons. The van der Waals surface area contributed by atoms with Gasteiger partial charge in [0, 0.05) is 0 Å². The van der Waals surface area contributed by atoms with Gasteiger partial charge in [-0.15, -0.1) is 0 Å². The maximum Gasteiger partial charge on any atom is 0.338 e. The Bertz CT molecular complexity index is 719. The predicted octanol–water partition coefficient (Wildman–Crippen LogP) is 5.19. The molecule has 4 nitrogen and oxygen atoms in total. The number of carbonyl (C=O) groups excluding carboxylic acids is 2. The lowest BCUT2D eigenvalue weighted by molar-refractivity contribution is 0.00570. The molecule has 0 aliphatic rings. The summed E-state index contributed by atoms with van der Waals surface area (Å²) in [7, 11) is 0. The largest absolute Gasteiger partial charge is 0.456 e. The maximum absolute atomic E-state index is 12.1. The van der Waals surface area contributed by atoms with E-state index >= 15 is 0 Å². The summed E-state index contributed by atoms with van der Waals surface area (Å²) >= 11 is 0. The summed E-state index contributed by atoms with van der Waals surface area (Å²) in [5, 5.41) is 0. The maximum atomic E-state index is 12.1. The fourth-order valence-electron chi connectivity index (χ4n) is 2.43. The summed E-state index contributed by atoms with van der Waals surface area (Å²) in [6, 6.07) is 14.8. The SMILES string of the molecule is CC(C)(C)OC(=O)c1ccc(Cc2ccc(C(=O)OC(C)(C)C)cc2)cc1. The minimum absolute atomic E-state index is 0.323. The molecular weight excluding hydrogens is 340 g/mol. The average molecular weight is 368 g/mol. The van der Waals surface area contributed by atoms with E-state index in [1.807, 2.05) is 65.8 Å². The van der Waals surface area contributed by atoms with Crippen LogP contribution in [0.15, 0.2) is 48.5 Å². The molecule has 2 rings (SSSR count). The number of ether oxygens (including phenoxy) is 2. The number of benzene rings is 2. The van der Waals surface area contributed by atoms with Gasteiger partial charge in [-0.05, 0) is 83.4 Å². The van der Waals surface area contributed by atoms with Crippen LogP contribution in [0.25, 0.3) is 0 Å². The van der Waals surface area contributed by atoms with Crippen LogP contribution in [-0.2, 0) is 15.9 Å². The second kappa shape index (κ2) is 7.95. The fraction of sp³-hybridized carbons (Fsp3) is 0.391. The first-order valence-corrected chi connectivity index (χ1v) is 9.07. The van der Waals surface area contributed by atoms with Crippen molar-refractivity contribution in [2.75, 3.05) is 0 Å². The molecule has 0 aliphatic heterocycles. The first-order chi connectivity index (χ1) is 12.4. The van der Waals surface area contributed by atoms with Crippen molar-refractivity contribution in [3.8, 4) is 0 Å². The van der Waals surface area contributed by atoms with E-state index in [1.165, 1.54) is 0 Å². The minimum Gasteiger partial charge on any atom is -0.456 e. The molecule has 4 heteroatoms. The van der Waals surface area contributed by atoms with E-state index in [-0.39, 0.29) is 11.9 Å². The molecular formula is C23H28O4. The lowest BCUT2D eigenvalue weighted by Gasteiger charge is -2.19. The van der Waals surface area contributed by atoms with Crippen LogP contribution >= 0.6 is 0 Å². The molecule has 0 spiro atoms. The molecule has 0 atom stereocenters. The van der Waals surface area contributed by atoms with Gasteiger partial charge in [-0.1, -0.05) is 24.3 Å². The van der Waals surface area contributed by atoms with E-state index in [0.717, 1.165) is 11.1 Å². The lowest BCUT2D eigenvalue weighted by atomic mass is 10.0. The Hall–Kier alpha value is -2.62. The van der Waals surface area contributed by atoms with Crippen LogP contribution in [0.4, 0.5) is 0 Å². The molecule has 0 saturated carbocycles. The van der Waals surface area contributed by atoms with Crippen LogP contribution in [-0.4, -0.2) is 23.1 Å². The first-order valence-electron chi connectivity index (χ1n) is 9.07. The van der Waals surface area contributed by atoms with Gasteiger partial charge in [0.1, 0.15) is 11.2 Å². The van der Waals surface area contributed by atoms with E-state index in [1.54, 1.807) is 24.3 Å². The highest BCUT2D eigenvalue weighted by atomic mass is 16.6. The van der Waals surface area contributed by atoms with E-state index in [4.69, 9.17) is 9.47 Å². The summed E-state index contributed by atoms with van der Waals surface area (Å²) < 4.78 is 10.7. The van der Waals surface area contributed by atoms with Crippen molar-refractivity contribution in [2.24, 2.45) is 0 Å². The first kappa shape index (κ1) is 20.7. The van der Waals surface area contributed by atoms with Crippen LogP contribution < -0.4 is 0 Å². The van der Waals surface area contributed by atoms with Crippen LogP contribution in [0.1, 0.15) is 73.4 Å². The van der Waals surface area contributed by atoms with Gasteiger partial charge in [-0.3, -0.25) is 0 Å². The van der Waals surface area contributed by atoms with Crippen molar-refractivity contribution >= 4 is 11.9 Å². The van der Waals surface area contributed by atoms with Gasteiger partial charge in [0.2, 0.25) is 0 Å². The highest BCUT2D eigenvalue weighted by Gasteiger charge is 2.18. The molecule has 0 fully saturated rings. The van der Waals surface area contributed by atoms with Gasteiger partial charge >= 0.3 is 11.9 Å². The lowest BCUT2D eigenvalue weighted by Crippen LogP contribution is -2.23. The Morgan fingerprint density at radius 2 is 0.926 bits per heavy atom. The summed E-state index contributed by atoms with van der Waals surface area (Å²) in [6.07, 6.45) is 0.712. The van der Waals surface area contributed by atoms with Crippen LogP contribution in [0.3, 0.4) is 0 Å². The van der Waals surface area contributed by atoms with Gasteiger partial charge in [0.25, 0.3) is 0 Å². The standard InChI is InChI=1S/C23H28O4/c1-22(2,3)26-20(24)18-11-7-16(8-12-18)15-17-9-13-19(14-10-17)21(25)27-23(4,5)6/h7-14H,15H2,1-6H3. The zero-order valence-electron chi connectivity index (χ0n) is 17.0. The van der Waals surface area contributed by atoms with E-state index < -0.39 is 11.2 Å². The predicted molar refractivity (Wildman–Crippen MR) is 106 cm³/mol. The Morgan fingerprint density at radius 3 is 1.19 bits per heavy atom. The van der Waals surface area contributed by atoms with Crippen LogP contribution in [0, 0.1) is 0 Å². The Morgan fingerprint density at radius 1 is 0.630 bits per heavy atom. The topological polar surface area (TPSA) is 52.6 Å². The third-order valence-corrected chi connectivity index (χ3v) is 3.59. The molecule has 0 bridgehead atoms. The number of esters is 2.